The van der Waals surface area contributed by atoms with Gasteiger partial charge in [-0.15, -0.1) is 0 Å². The molecule has 0 aromatic heterocycles. The number of hydrogen-bond donors (Lipinski definition) is 3. The highest BCUT2D eigenvalue weighted by molar-refractivity contribution is 6.45. The number of allylic oxidation sites excluding steroid dienone is 3. The van der Waals surface area contributed by atoms with Crippen molar-refractivity contribution in [2.24, 2.45) is 5.41 Å². The molecule has 0 aromatic carbocycles. The van der Waals surface area contributed by atoms with Crippen molar-refractivity contribution in [3.63, 3.8) is 0 Å². The van der Waals surface area contributed by atoms with Crippen LogP contribution in [0.2, 0.25) is 5.82 Å². The fourth-order valence-corrected chi connectivity index (χ4v) is 1.86. The van der Waals surface area contributed by atoms with Crippen molar-refractivity contribution in [3.05, 3.63) is 24.3 Å². The Hall–Kier alpha value is -1.11. The average Bonchev–Trinajstić information content (AvgIpc) is 2.26. The molecule has 1 aliphatic carbocycles. The molecule has 0 saturated carbocycles. The molecule has 0 fully saturated rings. The second-order valence-electron chi connectivity index (χ2n) is 5.38. The fourth-order valence-electron chi connectivity index (χ4n) is 1.86. The molecule has 18 heavy (non-hydrogen) atoms. The molecule has 5 nitrogen and oxygen atoms in total. The van der Waals surface area contributed by atoms with Crippen molar-refractivity contribution in [2.45, 2.75) is 32.2 Å². The summed E-state index contributed by atoms with van der Waals surface area (Å²) in [6.45, 7) is 4.58. The number of esters is 1. The van der Waals surface area contributed by atoms with Gasteiger partial charge in [0.15, 0.2) is 0 Å². The molecule has 1 aliphatic rings. The molecule has 100 valence electrons. The zero-order valence-electron chi connectivity index (χ0n) is 10.8. The largest absolute Gasteiger partial charge is 0.460 e. The molecule has 1 rings (SSSR count). The van der Waals surface area contributed by atoms with E-state index in [2.05, 4.69) is 0 Å². The zero-order chi connectivity index (χ0) is 14.0. The Morgan fingerprint density at radius 1 is 1.39 bits per heavy atom. The van der Waals surface area contributed by atoms with Gasteiger partial charge in [-0.2, -0.15) is 0 Å². The zero-order valence-corrected chi connectivity index (χ0v) is 10.8. The van der Waals surface area contributed by atoms with E-state index in [9.17, 15) is 19.9 Å². The topological polar surface area (TPSA) is 87.0 Å². The molecule has 6 heteroatoms. The number of carbonyl (C=O) groups is 1. The van der Waals surface area contributed by atoms with E-state index in [0.717, 1.165) is 0 Å². The Labute approximate surface area is 107 Å². The number of aliphatic hydroxyl groups is 1. The van der Waals surface area contributed by atoms with E-state index in [1.165, 1.54) is 12.2 Å². The van der Waals surface area contributed by atoms with Gasteiger partial charge in [0, 0.05) is 5.82 Å². The molecule has 2 unspecified atom stereocenters. The van der Waals surface area contributed by atoms with Crippen LogP contribution in [0.25, 0.3) is 0 Å². The lowest BCUT2D eigenvalue weighted by atomic mass is 9.56. The van der Waals surface area contributed by atoms with Gasteiger partial charge in [-0.25, -0.2) is 0 Å². The van der Waals surface area contributed by atoms with Crippen LogP contribution < -0.4 is 0 Å². The van der Waals surface area contributed by atoms with Gasteiger partial charge in [-0.05, 0) is 20.8 Å². The molecule has 0 aromatic rings. The van der Waals surface area contributed by atoms with E-state index in [-0.39, 0.29) is 0 Å². The van der Waals surface area contributed by atoms with Crippen LogP contribution in [-0.2, 0) is 9.53 Å². The lowest BCUT2D eigenvalue weighted by Crippen LogP contribution is -2.47. The second kappa shape index (κ2) is 5.26. The summed E-state index contributed by atoms with van der Waals surface area (Å²) < 4.78 is 5.25. The summed E-state index contributed by atoms with van der Waals surface area (Å²) in [7, 11) is -1.74. The van der Waals surface area contributed by atoms with Crippen LogP contribution in [0.4, 0.5) is 0 Å². The minimum Gasteiger partial charge on any atom is -0.459 e. The Kier molecular flexibility index (Phi) is 4.37. The van der Waals surface area contributed by atoms with Crippen LogP contribution >= 0.6 is 0 Å². The van der Waals surface area contributed by atoms with Crippen LogP contribution in [0.5, 0.6) is 0 Å². The number of aliphatic hydroxyl groups excluding tert-OH is 1. The first-order valence-corrected chi connectivity index (χ1v) is 5.79. The van der Waals surface area contributed by atoms with Crippen LogP contribution in [0, 0.1) is 5.41 Å². The first-order chi connectivity index (χ1) is 8.23. The van der Waals surface area contributed by atoms with Gasteiger partial charge in [0.05, 0.1) is 6.61 Å². The maximum atomic E-state index is 12.2. The Morgan fingerprint density at radius 3 is 2.44 bits per heavy atom. The summed E-state index contributed by atoms with van der Waals surface area (Å²) in [5.74, 6) is -1.60. The molecule has 0 spiro atoms. The van der Waals surface area contributed by atoms with E-state index in [4.69, 9.17) is 4.74 Å². The highest BCUT2D eigenvalue weighted by Crippen LogP contribution is 2.41. The van der Waals surface area contributed by atoms with E-state index in [1.54, 1.807) is 32.9 Å². The molecule has 2 atom stereocenters. The van der Waals surface area contributed by atoms with Gasteiger partial charge in [0.1, 0.15) is 11.0 Å². The summed E-state index contributed by atoms with van der Waals surface area (Å²) in [6.07, 6.45) is 6.11. The molecule has 0 amide bonds. The Morgan fingerprint density at radius 2 is 2.00 bits per heavy atom. The molecule has 0 saturated heterocycles. The Bertz CT molecular complexity index is 369. The van der Waals surface area contributed by atoms with Crippen molar-refractivity contribution >= 4 is 13.1 Å². The van der Waals surface area contributed by atoms with E-state index < -0.39 is 36.5 Å². The fraction of sp³-hybridized carbons (Fsp3) is 0.583. The third kappa shape index (κ3) is 3.01. The highest BCUT2D eigenvalue weighted by Gasteiger charge is 2.50. The van der Waals surface area contributed by atoms with Gasteiger partial charge in [0.25, 0.3) is 0 Å². The predicted octanol–water partition coefficient (Wildman–Crippen LogP) is 0.276. The van der Waals surface area contributed by atoms with Crippen molar-refractivity contribution in [1.29, 1.82) is 0 Å². The number of hydrogen-bond acceptors (Lipinski definition) is 5. The third-order valence-electron chi connectivity index (χ3n) is 2.78. The minimum absolute atomic E-state index is 0.551. The number of ether oxygens (including phenoxy) is 1. The van der Waals surface area contributed by atoms with Crippen molar-refractivity contribution < 1.29 is 24.7 Å². The summed E-state index contributed by atoms with van der Waals surface area (Å²) >= 11 is 0. The molecule has 0 heterocycles. The lowest BCUT2D eigenvalue weighted by molar-refractivity contribution is -0.166. The summed E-state index contributed by atoms with van der Waals surface area (Å²) in [5.41, 5.74) is -2.16. The molecule has 0 radical (unpaired) electrons. The first kappa shape index (κ1) is 15.0. The predicted molar refractivity (Wildman–Crippen MR) is 67.6 cm³/mol. The molecular weight excluding hydrogens is 235 g/mol. The standard InChI is InChI=1S/C12H19BO5/c1-11(2,3)18-10(15)12(8-14)7-5-4-6-9(12)13(16)17/h4-7,9,14,16-17H,8H2,1-3H3. The van der Waals surface area contributed by atoms with Gasteiger partial charge in [-0.3, -0.25) is 4.79 Å². The van der Waals surface area contributed by atoms with Gasteiger partial charge >= 0.3 is 13.1 Å². The van der Waals surface area contributed by atoms with Crippen molar-refractivity contribution in [2.75, 3.05) is 6.61 Å². The van der Waals surface area contributed by atoms with Gasteiger partial charge in [-0.1, -0.05) is 24.3 Å². The first-order valence-electron chi connectivity index (χ1n) is 5.79. The second-order valence-corrected chi connectivity index (χ2v) is 5.38. The summed E-state index contributed by atoms with van der Waals surface area (Å²) in [4.78, 5) is 12.2. The molecule has 3 N–H and O–H groups in total. The van der Waals surface area contributed by atoms with Crippen LogP contribution in [-0.4, -0.2) is 40.5 Å². The smallest absolute Gasteiger partial charge is 0.459 e. The lowest BCUT2D eigenvalue weighted by Gasteiger charge is -2.36. The van der Waals surface area contributed by atoms with E-state index in [0.29, 0.717) is 0 Å². The molecular formula is C12H19BO5. The van der Waals surface area contributed by atoms with E-state index in [1.807, 2.05) is 0 Å². The van der Waals surface area contributed by atoms with Crippen molar-refractivity contribution in [1.82, 2.24) is 0 Å². The molecule has 0 bridgehead atoms. The summed E-state index contributed by atoms with van der Waals surface area (Å²) in [5, 5.41) is 28.2. The van der Waals surface area contributed by atoms with Crippen LogP contribution in [0.15, 0.2) is 24.3 Å². The Balaban J connectivity index is 3.07. The quantitative estimate of drug-likeness (QED) is 0.497. The van der Waals surface area contributed by atoms with Gasteiger partial charge in [0.2, 0.25) is 0 Å². The minimum atomic E-state index is -1.74. The van der Waals surface area contributed by atoms with E-state index >= 15 is 0 Å². The highest BCUT2D eigenvalue weighted by atomic mass is 16.6. The maximum Gasteiger partial charge on any atom is 0.460 e. The molecule has 0 aliphatic heterocycles. The van der Waals surface area contributed by atoms with Gasteiger partial charge < -0.3 is 19.9 Å². The van der Waals surface area contributed by atoms with Crippen LogP contribution in [0.1, 0.15) is 20.8 Å². The monoisotopic (exact) mass is 254 g/mol. The normalized spacial score (nSPS) is 27.1. The number of carbonyl (C=O) groups excluding carboxylic acids is 1. The van der Waals surface area contributed by atoms with Crippen LogP contribution in [0.3, 0.4) is 0 Å². The SMILES string of the molecule is CC(C)(C)OC(=O)C1(CO)C=CC=CC1B(O)O. The maximum absolute atomic E-state index is 12.2. The third-order valence-corrected chi connectivity index (χ3v) is 2.78. The average molecular weight is 254 g/mol. The number of rotatable bonds is 3. The van der Waals surface area contributed by atoms with Crippen molar-refractivity contribution in [3.8, 4) is 0 Å². The summed E-state index contributed by atoms with van der Waals surface area (Å²) in [6, 6.07) is 0.